The van der Waals surface area contributed by atoms with E-state index in [-0.39, 0.29) is 5.69 Å². The van der Waals surface area contributed by atoms with E-state index in [1.54, 1.807) is 18.2 Å². The van der Waals surface area contributed by atoms with E-state index in [1.807, 2.05) is 12.1 Å². The molecule has 1 aromatic heterocycles. The highest BCUT2D eigenvalue weighted by Crippen LogP contribution is 2.21. The highest BCUT2D eigenvalue weighted by atomic mass is 16.5. The molecule has 0 fully saturated rings. The van der Waals surface area contributed by atoms with Gasteiger partial charge in [-0.15, -0.1) is 0 Å². The highest BCUT2D eigenvalue weighted by Gasteiger charge is 2.42. The van der Waals surface area contributed by atoms with Crippen LogP contribution in [-0.2, 0) is 28.6 Å². The summed E-state index contributed by atoms with van der Waals surface area (Å²) >= 11 is 0. The molecule has 0 saturated carbocycles. The van der Waals surface area contributed by atoms with Crippen LogP contribution in [0, 0.1) is 11.8 Å². The molecule has 2 aromatic rings. The van der Waals surface area contributed by atoms with Gasteiger partial charge in [0.1, 0.15) is 11.7 Å². The fraction of sp³-hybridized carbons (Fsp3) is 0.350. The maximum absolute atomic E-state index is 12.7. The van der Waals surface area contributed by atoms with Gasteiger partial charge in [0.15, 0.2) is 5.92 Å². The topological polar surface area (TPSA) is 121 Å². The van der Waals surface area contributed by atoms with Crippen LogP contribution in [0.1, 0.15) is 17.4 Å². The number of benzene rings is 1. The summed E-state index contributed by atoms with van der Waals surface area (Å²) in [6.45, 7) is 1.44. The Kier molecular flexibility index (Phi) is 7.24. The first kappa shape index (κ1) is 21.8. The number of carbonyl (C=O) groups excluding carboxylic acids is 4. The number of esters is 3. The zero-order valence-electron chi connectivity index (χ0n) is 16.5. The number of nitrogens with one attached hydrogen (secondary N) is 1. The lowest BCUT2D eigenvalue weighted by atomic mass is 9.87. The standard InChI is InChI=1S/C20H22N2O7/c1-11(15(18(24)27-2)19(25)28-3)16(20(26)29-4)22-17(23)14-10-9-12-7-5-6-8-13(12)21-14/h5-11,15-16H,1-4H3,(H,22,23)/t11-,16-/m0/s1. The van der Waals surface area contributed by atoms with Crippen LogP contribution in [0.2, 0.25) is 0 Å². The molecule has 0 aliphatic carbocycles. The third-order valence-electron chi connectivity index (χ3n) is 4.53. The molecule has 1 aromatic carbocycles. The number of ether oxygens (including phenoxy) is 3. The van der Waals surface area contributed by atoms with Gasteiger partial charge in [0, 0.05) is 11.3 Å². The van der Waals surface area contributed by atoms with Crippen molar-refractivity contribution in [2.75, 3.05) is 21.3 Å². The van der Waals surface area contributed by atoms with Gasteiger partial charge in [0.2, 0.25) is 0 Å². The molecule has 2 atom stereocenters. The van der Waals surface area contributed by atoms with Crippen molar-refractivity contribution < 1.29 is 33.4 Å². The maximum atomic E-state index is 12.7. The monoisotopic (exact) mass is 402 g/mol. The molecule has 154 valence electrons. The van der Waals surface area contributed by atoms with Crippen LogP contribution in [0.5, 0.6) is 0 Å². The minimum absolute atomic E-state index is 0.0671. The average Bonchev–Trinajstić information content (AvgIpc) is 2.75. The van der Waals surface area contributed by atoms with Crippen molar-refractivity contribution in [2.24, 2.45) is 11.8 Å². The van der Waals surface area contributed by atoms with Crippen molar-refractivity contribution in [3.8, 4) is 0 Å². The zero-order valence-corrected chi connectivity index (χ0v) is 16.5. The van der Waals surface area contributed by atoms with E-state index in [4.69, 9.17) is 4.74 Å². The predicted molar refractivity (Wildman–Crippen MR) is 102 cm³/mol. The minimum atomic E-state index is -1.43. The maximum Gasteiger partial charge on any atom is 0.328 e. The molecule has 0 saturated heterocycles. The van der Waals surface area contributed by atoms with Crippen LogP contribution in [0.15, 0.2) is 36.4 Å². The van der Waals surface area contributed by atoms with Crippen LogP contribution >= 0.6 is 0 Å². The number of carbonyl (C=O) groups is 4. The summed E-state index contributed by atoms with van der Waals surface area (Å²) in [6.07, 6.45) is 0. The summed E-state index contributed by atoms with van der Waals surface area (Å²) in [5.41, 5.74) is 0.669. The second-order valence-electron chi connectivity index (χ2n) is 6.25. The smallest absolute Gasteiger partial charge is 0.328 e. The Hall–Kier alpha value is -3.49. The van der Waals surface area contributed by atoms with E-state index >= 15 is 0 Å². The summed E-state index contributed by atoms with van der Waals surface area (Å²) in [6, 6.07) is 9.14. The summed E-state index contributed by atoms with van der Waals surface area (Å²) in [5, 5.41) is 3.34. The second-order valence-corrected chi connectivity index (χ2v) is 6.25. The second kappa shape index (κ2) is 9.63. The molecule has 0 aliphatic heterocycles. The fourth-order valence-corrected chi connectivity index (χ4v) is 2.91. The van der Waals surface area contributed by atoms with Crippen LogP contribution in [0.4, 0.5) is 0 Å². The Morgan fingerprint density at radius 2 is 1.45 bits per heavy atom. The first-order valence-electron chi connectivity index (χ1n) is 8.74. The molecule has 2 rings (SSSR count). The molecular formula is C20H22N2O7. The van der Waals surface area contributed by atoms with Gasteiger partial charge in [-0.2, -0.15) is 0 Å². The normalized spacial score (nSPS) is 12.7. The van der Waals surface area contributed by atoms with Gasteiger partial charge in [-0.25, -0.2) is 9.78 Å². The third-order valence-corrected chi connectivity index (χ3v) is 4.53. The molecule has 9 nitrogen and oxygen atoms in total. The first-order chi connectivity index (χ1) is 13.8. The predicted octanol–water partition coefficient (Wildman–Crippen LogP) is 1.10. The van der Waals surface area contributed by atoms with E-state index in [0.29, 0.717) is 5.52 Å². The van der Waals surface area contributed by atoms with Crippen LogP contribution in [-0.4, -0.2) is 56.2 Å². The van der Waals surface area contributed by atoms with Gasteiger partial charge in [-0.3, -0.25) is 14.4 Å². The molecule has 29 heavy (non-hydrogen) atoms. The summed E-state index contributed by atoms with van der Waals surface area (Å²) in [4.78, 5) is 53.4. The number of pyridine rings is 1. The van der Waals surface area contributed by atoms with Gasteiger partial charge in [-0.05, 0) is 12.1 Å². The van der Waals surface area contributed by atoms with Gasteiger partial charge in [0.25, 0.3) is 5.91 Å². The highest BCUT2D eigenvalue weighted by molar-refractivity contribution is 5.99. The number of para-hydroxylation sites is 1. The Morgan fingerprint density at radius 3 is 2.03 bits per heavy atom. The van der Waals surface area contributed by atoms with Crippen molar-refractivity contribution in [1.29, 1.82) is 0 Å². The SMILES string of the molecule is COC(=O)C(C(=O)OC)[C@H](C)[C@H](NC(=O)c1ccc2ccccc2n1)C(=O)OC. The van der Waals surface area contributed by atoms with E-state index in [1.165, 1.54) is 13.0 Å². The van der Waals surface area contributed by atoms with Gasteiger partial charge in [-0.1, -0.05) is 31.2 Å². The lowest BCUT2D eigenvalue weighted by molar-refractivity contribution is -0.162. The number of methoxy groups -OCH3 is 3. The summed E-state index contributed by atoms with van der Waals surface area (Å²) in [5.74, 6) is -5.71. The summed E-state index contributed by atoms with van der Waals surface area (Å²) < 4.78 is 14.0. The molecule has 1 N–H and O–H groups in total. The Bertz CT molecular complexity index is 912. The number of fused-ring (bicyclic) bond motifs is 1. The Morgan fingerprint density at radius 1 is 0.862 bits per heavy atom. The zero-order chi connectivity index (χ0) is 21.6. The molecule has 9 heteroatoms. The Balaban J connectivity index is 2.33. The number of hydrogen-bond acceptors (Lipinski definition) is 8. The van der Waals surface area contributed by atoms with Crippen LogP contribution in [0.3, 0.4) is 0 Å². The van der Waals surface area contributed by atoms with Gasteiger partial charge in [0.05, 0.1) is 26.8 Å². The number of hydrogen-bond donors (Lipinski definition) is 1. The lowest BCUT2D eigenvalue weighted by Gasteiger charge is -2.26. The molecule has 0 unspecified atom stereocenters. The van der Waals surface area contributed by atoms with E-state index < -0.39 is 41.7 Å². The average molecular weight is 402 g/mol. The van der Waals surface area contributed by atoms with Gasteiger partial charge < -0.3 is 19.5 Å². The molecule has 1 amide bonds. The molecule has 0 radical (unpaired) electrons. The number of nitrogens with zero attached hydrogens (tertiary/aromatic N) is 1. The van der Waals surface area contributed by atoms with Crippen LogP contribution < -0.4 is 5.32 Å². The largest absolute Gasteiger partial charge is 0.468 e. The molecule has 0 bridgehead atoms. The van der Waals surface area contributed by atoms with Crippen LogP contribution in [0.25, 0.3) is 10.9 Å². The van der Waals surface area contributed by atoms with Crippen molar-refractivity contribution in [2.45, 2.75) is 13.0 Å². The first-order valence-corrected chi connectivity index (χ1v) is 8.74. The van der Waals surface area contributed by atoms with Crippen molar-refractivity contribution in [3.63, 3.8) is 0 Å². The lowest BCUT2D eigenvalue weighted by Crippen LogP contribution is -2.51. The van der Waals surface area contributed by atoms with E-state index in [9.17, 15) is 19.2 Å². The molecule has 1 heterocycles. The number of amides is 1. The number of rotatable bonds is 7. The minimum Gasteiger partial charge on any atom is -0.468 e. The van der Waals surface area contributed by atoms with E-state index in [2.05, 4.69) is 19.8 Å². The van der Waals surface area contributed by atoms with Crippen molar-refractivity contribution >= 4 is 34.7 Å². The third kappa shape index (κ3) is 4.87. The van der Waals surface area contributed by atoms with E-state index in [0.717, 1.165) is 26.7 Å². The molecule has 0 aliphatic rings. The quantitative estimate of drug-likeness (QED) is 0.415. The van der Waals surface area contributed by atoms with Crippen molar-refractivity contribution in [1.82, 2.24) is 10.3 Å². The number of aromatic nitrogens is 1. The van der Waals surface area contributed by atoms with Gasteiger partial charge >= 0.3 is 17.9 Å². The Labute approximate surface area is 167 Å². The summed E-state index contributed by atoms with van der Waals surface area (Å²) in [7, 11) is 3.35. The van der Waals surface area contributed by atoms with Crippen molar-refractivity contribution in [3.05, 3.63) is 42.1 Å². The molecule has 0 spiro atoms. The fourth-order valence-electron chi connectivity index (χ4n) is 2.91. The molecular weight excluding hydrogens is 380 g/mol.